The van der Waals surface area contributed by atoms with Crippen LogP contribution in [0.2, 0.25) is 0 Å². The van der Waals surface area contributed by atoms with Gasteiger partial charge in [0.2, 0.25) is 17.7 Å². The first kappa shape index (κ1) is 27.3. The Kier molecular flexibility index (Phi) is 9.12. The van der Waals surface area contributed by atoms with E-state index in [-0.39, 0.29) is 24.1 Å². The molecule has 4 atom stereocenters. The van der Waals surface area contributed by atoms with Crippen LogP contribution in [-0.4, -0.2) is 75.9 Å². The van der Waals surface area contributed by atoms with Gasteiger partial charge in [0.25, 0.3) is 0 Å². The predicted molar refractivity (Wildman–Crippen MR) is 142 cm³/mol. The van der Waals surface area contributed by atoms with E-state index in [0.29, 0.717) is 51.6 Å². The molecule has 2 saturated heterocycles. The normalized spacial score (nSPS) is 20.7. The van der Waals surface area contributed by atoms with Gasteiger partial charge in [0.15, 0.2) is 0 Å². The molecule has 0 bridgehead atoms. The number of nitrogens with one attached hydrogen (secondary N) is 1. The minimum Gasteiger partial charge on any atom is -0.481 e. The first-order chi connectivity index (χ1) is 18.3. The van der Waals surface area contributed by atoms with Crippen LogP contribution in [0, 0.1) is 0 Å². The molecule has 0 saturated carbocycles. The summed E-state index contributed by atoms with van der Waals surface area (Å²) in [6.07, 6.45) is 2.94. The Morgan fingerprint density at radius 1 is 0.842 bits per heavy atom. The molecule has 38 heavy (non-hydrogen) atoms. The Morgan fingerprint density at radius 2 is 1.39 bits per heavy atom. The van der Waals surface area contributed by atoms with Crippen molar-refractivity contribution in [1.29, 1.82) is 0 Å². The molecule has 9 heteroatoms. The number of carbonyl (C=O) groups is 4. The molecule has 4 rings (SSSR count). The molecule has 0 unspecified atom stereocenters. The standard InChI is InChI=1S/C29H36N4O5/c30-23(18-21-11-5-2-6-12-21)28(37)33-16-8-14-25(33)29(38)32-15-7-13-24(32)27(36)31-22(19-26(34)35)17-20-9-3-1-4-10-20/h1-6,9-12,22-25H,7-8,13-19,30H2,(H,31,36)(H,34,35)/t22-,23-,24-,25+/m0/s1. The van der Waals surface area contributed by atoms with Crippen LogP contribution in [0.3, 0.4) is 0 Å². The Morgan fingerprint density at radius 3 is 2.00 bits per heavy atom. The molecular formula is C29H36N4O5. The van der Waals surface area contributed by atoms with E-state index in [9.17, 15) is 24.3 Å². The molecule has 2 aromatic rings. The van der Waals surface area contributed by atoms with E-state index >= 15 is 0 Å². The third-order valence-corrected chi connectivity index (χ3v) is 7.37. The fourth-order valence-electron chi connectivity index (χ4n) is 5.53. The molecule has 2 fully saturated rings. The number of carbonyl (C=O) groups excluding carboxylic acids is 3. The van der Waals surface area contributed by atoms with E-state index in [1.165, 1.54) is 0 Å². The van der Waals surface area contributed by atoms with Crippen LogP contribution in [0.5, 0.6) is 0 Å². The summed E-state index contributed by atoms with van der Waals surface area (Å²) in [7, 11) is 0. The van der Waals surface area contributed by atoms with Crippen molar-refractivity contribution in [2.45, 2.75) is 69.1 Å². The van der Waals surface area contributed by atoms with Gasteiger partial charge in [-0.15, -0.1) is 0 Å². The highest BCUT2D eigenvalue weighted by Gasteiger charge is 2.43. The lowest BCUT2D eigenvalue weighted by Crippen LogP contribution is -2.56. The highest BCUT2D eigenvalue weighted by Crippen LogP contribution is 2.26. The minimum absolute atomic E-state index is 0.217. The molecule has 202 valence electrons. The van der Waals surface area contributed by atoms with E-state index in [2.05, 4.69) is 5.32 Å². The zero-order valence-electron chi connectivity index (χ0n) is 21.5. The average Bonchev–Trinajstić information content (AvgIpc) is 3.59. The quantitative estimate of drug-likeness (QED) is 0.437. The van der Waals surface area contributed by atoms with E-state index < -0.39 is 30.1 Å². The number of benzene rings is 2. The first-order valence-electron chi connectivity index (χ1n) is 13.3. The average molecular weight is 521 g/mol. The van der Waals surface area contributed by atoms with Gasteiger partial charge >= 0.3 is 5.97 Å². The third kappa shape index (κ3) is 6.77. The zero-order chi connectivity index (χ0) is 27.1. The van der Waals surface area contributed by atoms with Crippen LogP contribution in [0.15, 0.2) is 60.7 Å². The number of hydrogen-bond acceptors (Lipinski definition) is 5. The second kappa shape index (κ2) is 12.7. The van der Waals surface area contributed by atoms with Crippen molar-refractivity contribution in [3.8, 4) is 0 Å². The molecule has 0 spiro atoms. The van der Waals surface area contributed by atoms with Crippen molar-refractivity contribution < 1.29 is 24.3 Å². The molecule has 9 nitrogen and oxygen atoms in total. The molecule has 2 heterocycles. The Balaban J connectivity index is 1.41. The van der Waals surface area contributed by atoms with Crippen molar-refractivity contribution in [1.82, 2.24) is 15.1 Å². The molecule has 0 aliphatic carbocycles. The zero-order valence-corrected chi connectivity index (χ0v) is 21.5. The fraction of sp³-hybridized carbons (Fsp3) is 0.448. The largest absolute Gasteiger partial charge is 0.481 e. The lowest BCUT2D eigenvalue weighted by Gasteiger charge is -2.32. The number of likely N-dealkylation sites (tertiary alicyclic amines) is 2. The second-order valence-corrected chi connectivity index (χ2v) is 10.2. The molecule has 3 amide bonds. The summed E-state index contributed by atoms with van der Waals surface area (Å²) in [5.41, 5.74) is 8.13. The number of rotatable bonds is 10. The van der Waals surface area contributed by atoms with Gasteiger partial charge in [0, 0.05) is 19.1 Å². The lowest BCUT2D eigenvalue weighted by molar-refractivity contribution is -0.147. The summed E-state index contributed by atoms with van der Waals surface area (Å²) in [4.78, 5) is 54.7. The smallest absolute Gasteiger partial charge is 0.305 e. The molecule has 2 aliphatic heterocycles. The van der Waals surface area contributed by atoms with Gasteiger partial charge < -0.3 is 26.0 Å². The molecule has 0 aromatic heterocycles. The van der Waals surface area contributed by atoms with E-state index in [4.69, 9.17) is 5.73 Å². The number of carboxylic acids is 1. The minimum atomic E-state index is -1.00. The summed E-state index contributed by atoms with van der Waals surface area (Å²) < 4.78 is 0. The third-order valence-electron chi connectivity index (χ3n) is 7.37. The SMILES string of the molecule is N[C@@H](Cc1ccccc1)C(=O)N1CCC[C@@H]1C(=O)N1CCC[C@H]1C(=O)N[C@H](CC(=O)O)Cc1ccccc1. The summed E-state index contributed by atoms with van der Waals surface area (Å²) in [5, 5.41) is 12.3. The highest BCUT2D eigenvalue weighted by molar-refractivity contribution is 5.94. The van der Waals surface area contributed by atoms with Crippen molar-refractivity contribution >= 4 is 23.7 Å². The van der Waals surface area contributed by atoms with Gasteiger partial charge in [0.05, 0.1) is 12.5 Å². The van der Waals surface area contributed by atoms with Crippen LogP contribution >= 0.6 is 0 Å². The summed E-state index contributed by atoms with van der Waals surface area (Å²) in [5.74, 6) is -1.85. The fourth-order valence-corrected chi connectivity index (χ4v) is 5.53. The van der Waals surface area contributed by atoms with Gasteiger partial charge in [-0.3, -0.25) is 19.2 Å². The number of hydrogen-bond donors (Lipinski definition) is 3. The van der Waals surface area contributed by atoms with Crippen LogP contribution in [0.25, 0.3) is 0 Å². The Labute approximate surface area is 223 Å². The van der Waals surface area contributed by atoms with Crippen molar-refractivity contribution in [3.63, 3.8) is 0 Å². The maximum atomic E-state index is 13.6. The second-order valence-electron chi connectivity index (χ2n) is 10.2. The molecule has 2 aromatic carbocycles. The van der Waals surface area contributed by atoms with Gasteiger partial charge in [-0.2, -0.15) is 0 Å². The van der Waals surface area contributed by atoms with Gasteiger partial charge in [-0.05, 0) is 49.7 Å². The number of amides is 3. The molecule has 4 N–H and O–H groups in total. The van der Waals surface area contributed by atoms with Crippen molar-refractivity contribution in [3.05, 3.63) is 71.8 Å². The first-order valence-corrected chi connectivity index (χ1v) is 13.3. The van der Waals surface area contributed by atoms with Crippen LogP contribution in [0.1, 0.15) is 43.2 Å². The summed E-state index contributed by atoms with van der Waals surface area (Å²) >= 11 is 0. The molecule has 0 radical (unpaired) electrons. The Hall–Kier alpha value is -3.72. The van der Waals surface area contributed by atoms with Crippen LogP contribution in [0.4, 0.5) is 0 Å². The van der Waals surface area contributed by atoms with Crippen molar-refractivity contribution in [2.75, 3.05) is 13.1 Å². The number of carboxylic acid groups (broad SMARTS) is 1. The van der Waals surface area contributed by atoms with E-state index in [0.717, 1.165) is 11.1 Å². The molecular weight excluding hydrogens is 484 g/mol. The van der Waals surface area contributed by atoms with Gasteiger partial charge in [0.1, 0.15) is 12.1 Å². The maximum Gasteiger partial charge on any atom is 0.305 e. The van der Waals surface area contributed by atoms with E-state index in [1.807, 2.05) is 60.7 Å². The maximum absolute atomic E-state index is 13.6. The van der Waals surface area contributed by atoms with E-state index in [1.54, 1.807) is 9.80 Å². The highest BCUT2D eigenvalue weighted by atomic mass is 16.4. The number of nitrogens with zero attached hydrogens (tertiary/aromatic N) is 2. The predicted octanol–water partition coefficient (Wildman–Crippen LogP) is 1.74. The van der Waals surface area contributed by atoms with Gasteiger partial charge in [-0.1, -0.05) is 60.7 Å². The van der Waals surface area contributed by atoms with Crippen LogP contribution in [-0.2, 0) is 32.0 Å². The van der Waals surface area contributed by atoms with Gasteiger partial charge in [-0.25, -0.2) is 0 Å². The number of nitrogens with two attached hydrogens (primary N) is 1. The Bertz CT molecular complexity index is 1130. The summed E-state index contributed by atoms with van der Waals surface area (Å²) in [6, 6.07) is 16.2. The van der Waals surface area contributed by atoms with Crippen molar-refractivity contribution in [2.24, 2.45) is 5.73 Å². The monoisotopic (exact) mass is 520 g/mol. The number of aliphatic carboxylic acids is 1. The van der Waals surface area contributed by atoms with Crippen LogP contribution < -0.4 is 11.1 Å². The lowest BCUT2D eigenvalue weighted by atomic mass is 10.0. The summed E-state index contributed by atoms with van der Waals surface area (Å²) in [6.45, 7) is 0.883. The molecule has 2 aliphatic rings. The topological polar surface area (TPSA) is 133 Å².